The third-order valence-corrected chi connectivity index (χ3v) is 4.43. The summed E-state index contributed by atoms with van der Waals surface area (Å²) in [6, 6.07) is 13.7. The van der Waals surface area contributed by atoms with E-state index in [0.717, 1.165) is 0 Å². The van der Waals surface area contributed by atoms with Crippen LogP contribution in [0.15, 0.2) is 59.5 Å². The number of rotatable bonds is 4. The summed E-state index contributed by atoms with van der Waals surface area (Å²) in [6.45, 7) is 0. The van der Waals surface area contributed by atoms with E-state index in [1.54, 1.807) is 36.4 Å². The van der Waals surface area contributed by atoms with Crippen LogP contribution in [0.25, 0.3) is 10.8 Å². The number of hydrogen-bond donors (Lipinski definition) is 4. The summed E-state index contributed by atoms with van der Waals surface area (Å²) in [5, 5.41) is 0.749. The third kappa shape index (κ3) is 2.97. The number of nitrogen functional groups attached to an aromatic ring is 1. The van der Waals surface area contributed by atoms with Gasteiger partial charge in [-0.15, -0.1) is 0 Å². The van der Waals surface area contributed by atoms with Gasteiger partial charge in [0.2, 0.25) is 0 Å². The van der Waals surface area contributed by atoms with E-state index in [4.69, 9.17) is 5.73 Å². The van der Waals surface area contributed by atoms with Crippen molar-refractivity contribution in [2.75, 3.05) is 16.6 Å². The first kappa shape index (κ1) is 16.0. The van der Waals surface area contributed by atoms with Crippen molar-refractivity contribution in [1.82, 2.24) is 0 Å². The molecule has 3 aromatic carbocycles. The Morgan fingerprint density at radius 3 is 2.17 bits per heavy atom. The maximum Gasteiger partial charge on any atom is 0.295 e. The molecule has 6 nitrogen and oxygen atoms in total. The second-order valence-electron chi connectivity index (χ2n) is 5.09. The second-order valence-corrected chi connectivity index (χ2v) is 6.48. The quantitative estimate of drug-likeness (QED) is 0.328. The molecular formula is C16H14FN3O3S. The molecule has 0 aliphatic carbocycles. The molecule has 3 rings (SSSR count). The molecular weight excluding hydrogens is 333 g/mol. The van der Waals surface area contributed by atoms with Crippen LogP contribution in [-0.4, -0.2) is 13.0 Å². The number of hydrogen-bond acceptors (Lipinski definition) is 5. The van der Waals surface area contributed by atoms with Crippen molar-refractivity contribution in [1.29, 1.82) is 0 Å². The molecule has 0 aliphatic rings. The molecule has 0 bridgehead atoms. The summed E-state index contributed by atoms with van der Waals surface area (Å²) in [4.78, 5) is -0.287. The second kappa shape index (κ2) is 5.99. The van der Waals surface area contributed by atoms with E-state index in [1.807, 2.05) is 0 Å². The molecule has 0 saturated heterocycles. The number of fused-ring (bicyclic) bond motifs is 1. The molecule has 24 heavy (non-hydrogen) atoms. The molecule has 0 aromatic heterocycles. The average molecular weight is 347 g/mol. The number of nitrogens with one attached hydrogen (secondary N) is 2. The van der Waals surface area contributed by atoms with Crippen LogP contribution in [0, 0.1) is 5.82 Å². The number of para-hydroxylation sites is 1. The van der Waals surface area contributed by atoms with Gasteiger partial charge in [-0.25, -0.2) is 4.39 Å². The zero-order chi connectivity index (χ0) is 17.3. The van der Waals surface area contributed by atoms with Crippen LogP contribution in [-0.2, 0) is 10.1 Å². The Hall–Kier alpha value is -2.84. The predicted octanol–water partition coefficient (Wildman–Crippen LogP) is 3.25. The number of anilines is 3. The monoisotopic (exact) mass is 347 g/mol. The number of halogens is 1. The zero-order valence-electron chi connectivity index (χ0n) is 12.3. The van der Waals surface area contributed by atoms with Gasteiger partial charge in [0.05, 0.1) is 17.1 Å². The lowest BCUT2D eigenvalue weighted by atomic mass is 10.1. The summed E-state index contributed by atoms with van der Waals surface area (Å²) in [5.41, 5.74) is 12.0. The number of hydrazine groups is 1. The van der Waals surface area contributed by atoms with E-state index >= 15 is 0 Å². The lowest BCUT2D eigenvalue weighted by molar-refractivity contribution is 0.484. The first-order valence-corrected chi connectivity index (χ1v) is 8.37. The van der Waals surface area contributed by atoms with Gasteiger partial charge in [0, 0.05) is 10.8 Å². The van der Waals surface area contributed by atoms with E-state index < -0.39 is 15.9 Å². The Balaban J connectivity index is 2.08. The van der Waals surface area contributed by atoms with Crippen LogP contribution in [0.5, 0.6) is 0 Å². The molecule has 0 radical (unpaired) electrons. The molecule has 3 aromatic rings. The third-order valence-electron chi connectivity index (χ3n) is 3.53. The molecule has 124 valence electrons. The SMILES string of the molecule is Nc1c(NNc2ccccc2F)cc(S(=O)(=O)O)c2ccccc12. The van der Waals surface area contributed by atoms with Crippen LogP contribution in [0.1, 0.15) is 0 Å². The molecule has 8 heteroatoms. The first-order chi connectivity index (χ1) is 11.4. The van der Waals surface area contributed by atoms with Gasteiger partial charge >= 0.3 is 0 Å². The number of nitrogens with two attached hydrogens (primary N) is 1. The maximum absolute atomic E-state index is 13.6. The topological polar surface area (TPSA) is 104 Å². The predicted molar refractivity (Wildman–Crippen MR) is 91.8 cm³/mol. The molecule has 0 atom stereocenters. The molecule has 0 saturated carbocycles. The van der Waals surface area contributed by atoms with Crippen LogP contribution >= 0.6 is 0 Å². The van der Waals surface area contributed by atoms with Gasteiger partial charge in [0.25, 0.3) is 10.1 Å². The van der Waals surface area contributed by atoms with Crippen molar-refractivity contribution in [3.05, 3.63) is 60.4 Å². The van der Waals surface area contributed by atoms with Crippen molar-refractivity contribution >= 4 is 38.0 Å². The van der Waals surface area contributed by atoms with Gasteiger partial charge < -0.3 is 5.73 Å². The van der Waals surface area contributed by atoms with Crippen LogP contribution < -0.4 is 16.6 Å². The van der Waals surface area contributed by atoms with Gasteiger partial charge in [0.1, 0.15) is 10.7 Å². The minimum absolute atomic E-state index is 0.165. The zero-order valence-corrected chi connectivity index (χ0v) is 13.1. The van der Waals surface area contributed by atoms with E-state index in [1.165, 1.54) is 18.2 Å². The van der Waals surface area contributed by atoms with Crippen LogP contribution in [0.4, 0.5) is 21.5 Å². The van der Waals surface area contributed by atoms with Crippen molar-refractivity contribution in [3.63, 3.8) is 0 Å². The molecule has 0 unspecified atom stereocenters. The van der Waals surface area contributed by atoms with Gasteiger partial charge in [0.15, 0.2) is 0 Å². The maximum atomic E-state index is 13.6. The van der Waals surface area contributed by atoms with E-state index in [2.05, 4.69) is 10.9 Å². The Morgan fingerprint density at radius 1 is 0.917 bits per heavy atom. The minimum Gasteiger partial charge on any atom is -0.396 e. The fraction of sp³-hybridized carbons (Fsp3) is 0. The van der Waals surface area contributed by atoms with Crippen LogP contribution in [0.3, 0.4) is 0 Å². The number of benzene rings is 3. The fourth-order valence-electron chi connectivity index (χ4n) is 2.38. The highest BCUT2D eigenvalue weighted by Crippen LogP contribution is 2.34. The Bertz CT molecular complexity index is 1020. The van der Waals surface area contributed by atoms with E-state index in [9.17, 15) is 17.4 Å². The Morgan fingerprint density at radius 2 is 1.50 bits per heavy atom. The highest BCUT2D eigenvalue weighted by Gasteiger charge is 2.18. The molecule has 0 amide bonds. The summed E-state index contributed by atoms with van der Waals surface area (Å²) in [5.74, 6) is -0.487. The normalized spacial score (nSPS) is 11.4. The van der Waals surface area contributed by atoms with Gasteiger partial charge in [-0.1, -0.05) is 36.4 Å². The first-order valence-electron chi connectivity index (χ1n) is 6.93. The van der Waals surface area contributed by atoms with Crippen LogP contribution in [0.2, 0.25) is 0 Å². The average Bonchev–Trinajstić information content (AvgIpc) is 2.54. The van der Waals surface area contributed by atoms with Gasteiger partial charge in [-0.3, -0.25) is 15.4 Å². The highest BCUT2D eigenvalue weighted by atomic mass is 32.2. The van der Waals surface area contributed by atoms with E-state index in [-0.39, 0.29) is 22.0 Å². The lowest BCUT2D eigenvalue weighted by Crippen LogP contribution is -2.13. The molecule has 0 fully saturated rings. The molecule has 0 aliphatic heterocycles. The van der Waals surface area contributed by atoms with Crippen molar-refractivity contribution in [2.24, 2.45) is 0 Å². The van der Waals surface area contributed by atoms with Crippen molar-refractivity contribution in [2.45, 2.75) is 4.90 Å². The standard InChI is InChI=1S/C16H14FN3O3S/c17-12-7-3-4-8-13(12)19-20-14-9-15(24(21,22)23)10-5-1-2-6-11(10)16(14)18/h1-9,19-20H,18H2,(H,21,22,23). The Labute approximate surface area is 137 Å². The molecule has 0 heterocycles. The highest BCUT2D eigenvalue weighted by molar-refractivity contribution is 7.86. The Kier molecular flexibility index (Phi) is 4.00. The lowest BCUT2D eigenvalue weighted by Gasteiger charge is -2.16. The summed E-state index contributed by atoms with van der Waals surface area (Å²) < 4.78 is 46.4. The summed E-state index contributed by atoms with van der Waals surface area (Å²) in [6.07, 6.45) is 0. The largest absolute Gasteiger partial charge is 0.396 e. The van der Waals surface area contributed by atoms with E-state index in [0.29, 0.717) is 10.8 Å². The smallest absolute Gasteiger partial charge is 0.295 e. The summed E-state index contributed by atoms with van der Waals surface area (Å²) >= 11 is 0. The minimum atomic E-state index is -4.46. The van der Waals surface area contributed by atoms with Gasteiger partial charge in [-0.2, -0.15) is 8.42 Å². The van der Waals surface area contributed by atoms with Crippen molar-refractivity contribution in [3.8, 4) is 0 Å². The summed E-state index contributed by atoms with van der Waals surface area (Å²) in [7, 11) is -4.46. The van der Waals surface area contributed by atoms with Gasteiger partial charge in [-0.05, 0) is 18.2 Å². The fourth-order valence-corrected chi connectivity index (χ4v) is 3.10. The van der Waals surface area contributed by atoms with Crippen molar-refractivity contribution < 1.29 is 17.4 Å². The molecule has 0 spiro atoms. The molecule has 5 N–H and O–H groups in total.